The number of sulfonamides is 1. The van der Waals surface area contributed by atoms with Crippen LogP contribution in [0.15, 0.2) is 17.2 Å². The van der Waals surface area contributed by atoms with Gasteiger partial charge in [-0.3, -0.25) is 4.79 Å². The highest BCUT2D eigenvalue weighted by molar-refractivity contribution is 7.89. The first-order valence-corrected chi connectivity index (χ1v) is 7.34. The molecule has 20 heavy (non-hydrogen) atoms. The van der Waals surface area contributed by atoms with Crippen LogP contribution >= 0.6 is 0 Å². The Bertz CT molecular complexity index is 620. The monoisotopic (exact) mass is 303 g/mol. The lowest BCUT2D eigenvalue weighted by molar-refractivity contribution is -0.139. The summed E-state index contributed by atoms with van der Waals surface area (Å²) in [5.41, 5.74) is 0.0681. The molecule has 0 bridgehead atoms. The molecule has 0 spiro atoms. The fourth-order valence-corrected chi connectivity index (χ4v) is 2.39. The van der Waals surface area contributed by atoms with Crippen molar-refractivity contribution in [2.45, 2.75) is 24.3 Å². The average molecular weight is 303 g/mol. The number of nitrogens with one attached hydrogen (secondary N) is 2. The lowest BCUT2D eigenvalue weighted by atomic mass is 10.2. The number of nitrogens with zero attached hydrogens (tertiary/aromatic N) is 1. The zero-order valence-corrected chi connectivity index (χ0v) is 12.2. The summed E-state index contributed by atoms with van der Waals surface area (Å²) in [4.78, 5) is 22.8. The van der Waals surface area contributed by atoms with Gasteiger partial charge in [0.15, 0.2) is 0 Å². The van der Waals surface area contributed by atoms with Gasteiger partial charge in [-0.15, -0.1) is 0 Å². The van der Waals surface area contributed by atoms with Crippen LogP contribution in [0.4, 0.5) is 0 Å². The molecule has 9 heteroatoms. The summed E-state index contributed by atoms with van der Waals surface area (Å²) >= 11 is 0. The second-order valence-corrected chi connectivity index (χ2v) is 6.04. The van der Waals surface area contributed by atoms with Crippen LogP contribution in [0.3, 0.4) is 0 Å². The third-order valence-electron chi connectivity index (χ3n) is 2.80. The zero-order chi connectivity index (χ0) is 15.5. The van der Waals surface area contributed by atoms with Crippen LogP contribution in [-0.4, -0.2) is 43.1 Å². The molecule has 0 aliphatic carbocycles. The molecule has 0 aliphatic heterocycles. The Morgan fingerprint density at radius 2 is 2.05 bits per heavy atom. The molecule has 0 saturated heterocycles. The summed E-state index contributed by atoms with van der Waals surface area (Å²) in [6.45, 7) is 1.63. The van der Waals surface area contributed by atoms with Crippen LogP contribution < -0.4 is 10.0 Å². The molecule has 3 N–H and O–H groups in total. The topological polar surface area (TPSA) is 117 Å². The Kier molecular flexibility index (Phi) is 4.90. The van der Waals surface area contributed by atoms with Gasteiger partial charge in [-0.2, -0.15) is 0 Å². The largest absolute Gasteiger partial charge is 0.480 e. The predicted molar refractivity (Wildman–Crippen MR) is 70.8 cm³/mol. The lowest BCUT2D eigenvalue weighted by Gasteiger charge is -2.12. The molecule has 0 fully saturated rings. The van der Waals surface area contributed by atoms with Crippen LogP contribution in [0.25, 0.3) is 0 Å². The number of carboxylic acids is 1. The molecule has 1 amide bonds. The average Bonchev–Trinajstić information content (AvgIpc) is 2.78. The van der Waals surface area contributed by atoms with E-state index in [0.717, 1.165) is 0 Å². The van der Waals surface area contributed by atoms with Crippen molar-refractivity contribution in [1.82, 2.24) is 14.6 Å². The van der Waals surface area contributed by atoms with E-state index in [1.54, 1.807) is 6.92 Å². The Labute approximate surface area is 116 Å². The number of carboxylic acid groups (broad SMARTS) is 1. The van der Waals surface area contributed by atoms with Gasteiger partial charge in [-0.25, -0.2) is 17.9 Å². The van der Waals surface area contributed by atoms with Crippen molar-refractivity contribution in [3.63, 3.8) is 0 Å². The standard InChI is InChI=1S/C11H17N3O5S/c1-4-8(11(16)17)13-10(15)9-5-7(6-14(9)3)20(18,19)12-2/h5-6,8,12H,4H2,1-3H3,(H,13,15)(H,16,17). The van der Waals surface area contributed by atoms with Crippen LogP contribution in [0, 0.1) is 0 Å². The summed E-state index contributed by atoms with van der Waals surface area (Å²) < 4.78 is 26.7. The number of aromatic nitrogens is 1. The highest BCUT2D eigenvalue weighted by atomic mass is 32.2. The molecule has 1 rings (SSSR count). The minimum absolute atomic E-state index is 0.0592. The predicted octanol–water partition coefficient (Wildman–Crippen LogP) is -0.474. The van der Waals surface area contributed by atoms with E-state index in [-0.39, 0.29) is 17.0 Å². The molecule has 112 valence electrons. The minimum atomic E-state index is -3.65. The van der Waals surface area contributed by atoms with Crippen LogP contribution in [0.5, 0.6) is 0 Å². The third-order valence-corrected chi connectivity index (χ3v) is 4.18. The molecule has 1 unspecified atom stereocenters. The summed E-state index contributed by atoms with van der Waals surface area (Å²) in [5, 5.41) is 11.2. The number of aliphatic carboxylic acids is 1. The number of carbonyl (C=O) groups is 2. The maximum absolute atomic E-state index is 12.0. The van der Waals surface area contributed by atoms with Crippen LogP contribution in [-0.2, 0) is 21.9 Å². The Morgan fingerprint density at radius 3 is 2.50 bits per heavy atom. The van der Waals surface area contributed by atoms with Gasteiger partial charge in [0.2, 0.25) is 10.0 Å². The first kappa shape index (κ1) is 16.2. The first-order valence-electron chi connectivity index (χ1n) is 5.86. The quantitative estimate of drug-likeness (QED) is 0.656. The summed E-state index contributed by atoms with van der Waals surface area (Å²) in [7, 11) is -0.882. The van der Waals surface area contributed by atoms with Crippen LogP contribution in [0.1, 0.15) is 23.8 Å². The maximum Gasteiger partial charge on any atom is 0.326 e. The summed E-state index contributed by atoms with van der Waals surface area (Å²) in [6.07, 6.45) is 1.51. The number of hydrogen-bond donors (Lipinski definition) is 3. The second-order valence-electron chi connectivity index (χ2n) is 4.15. The first-order chi connectivity index (χ1) is 9.22. The fourth-order valence-electron chi connectivity index (χ4n) is 1.60. The Balaban J connectivity index is 3.04. The molecule has 0 radical (unpaired) electrons. The normalized spacial score (nSPS) is 12.9. The summed E-state index contributed by atoms with van der Waals surface area (Å²) in [6, 6.07) is 0.178. The second kappa shape index (κ2) is 6.06. The molecule has 1 aromatic heterocycles. The molecule has 8 nitrogen and oxygen atoms in total. The number of amides is 1. The minimum Gasteiger partial charge on any atom is -0.480 e. The molecule has 1 atom stereocenters. The SMILES string of the molecule is CCC(NC(=O)c1cc(S(=O)(=O)NC)cn1C)C(=O)O. The third kappa shape index (κ3) is 3.36. The number of rotatable bonds is 6. The van der Waals surface area contributed by atoms with Crippen molar-refractivity contribution < 1.29 is 23.1 Å². The molecule has 1 aromatic rings. The number of carbonyl (C=O) groups excluding carboxylic acids is 1. The van der Waals surface area contributed by atoms with E-state index >= 15 is 0 Å². The van der Waals surface area contributed by atoms with Crippen LogP contribution in [0.2, 0.25) is 0 Å². The smallest absolute Gasteiger partial charge is 0.326 e. The molecular weight excluding hydrogens is 286 g/mol. The van der Waals surface area contributed by atoms with Gasteiger partial charge in [0.05, 0.1) is 0 Å². The Morgan fingerprint density at radius 1 is 1.45 bits per heavy atom. The summed E-state index contributed by atoms with van der Waals surface area (Å²) in [5.74, 6) is -1.78. The molecule has 0 aromatic carbocycles. The molecule has 0 aliphatic rings. The molecule has 0 saturated carbocycles. The van der Waals surface area contributed by atoms with E-state index in [0.29, 0.717) is 0 Å². The van der Waals surface area contributed by atoms with Crippen molar-refractivity contribution in [3.05, 3.63) is 18.0 Å². The van der Waals surface area contributed by atoms with E-state index in [2.05, 4.69) is 10.0 Å². The molecular formula is C11H17N3O5S. The fraction of sp³-hybridized carbons (Fsp3) is 0.455. The van der Waals surface area contributed by atoms with Gasteiger partial charge in [0.25, 0.3) is 5.91 Å². The highest BCUT2D eigenvalue weighted by Crippen LogP contribution is 2.13. The number of hydrogen-bond acceptors (Lipinski definition) is 4. The number of aryl methyl sites for hydroxylation is 1. The van der Waals surface area contributed by atoms with E-state index in [9.17, 15) is 18.0 Å². The zero-order valence-electron chi connectivity index (χ0n) is 11.4. The van der Waals surface area contributed by atoms with Gasteiger partial charge in [0, 0.05) is 13.2 Å². The van der Waals surface area contributed by atoms with Crippen molar-refractivity contribution in [2.24, 2.45) is 7.05 Å². The van der Waals surface area contributed by atoms with E-state index in [1.807, 2.05) is 0 Å². The van der Waals surface area contributed by atoms with Gasteiger partial charge < -0.3 is 15.0 Å². The van der Waals surface area contributed by atoms with Crippen molar-refractivity contribution in [3.8, 4) is 0 Å². The maximum atomic E-state index is 12.0. The van der Waals surface area contributed by atoms with Gasteiger partial charge in [-0.05, 0) is 19.5 Å². The molecule has 1 heterocycles. The van der Waals surface area contributed by atoms with E-state index in [1.165, 1.54) is 30.9 Å². The van der Waals surface area contributed by atoms with Crippen molar-refractivity contribution in [1.29, 1.82) is 0 Å². The van der Waals surface area contributed by atoms with Gasteiger partial charge in [-0.1, -0.05) is 6.92 Å². The van der Waals surface area contributed by atoms with E-state index in [4.69, 9.17) is 5.11 Å². The van der Waals surface area contributed by atoms with Crippen molar-refractivity contribution >= 4 is 21.9 Å². The van der Waals surface area contributed by atoms with E-state index < -0.39 is 27.9 Å². The Hall–Kier alpha value is -1.87. The highest BCUT2D eigenvalue weighted by Gasteiger charge is 2.23. The van der Waals surface area contributed by atoms with Gasteiger partial charge >= 0.3 is 5.97 Å². The van der Waals surface area contributed by atoms with Crippen molar-refractivity contribution in [2.75, 3.05) is 7.05 Å². The lowest BCUT2D eigenvalue weighted by Crippen LogP contribution is -2.40. The van der Waals surface area contributed by atoms with Gasteiger partial charge in [0.1, 0.15) is 16.6 Å².